The molecule has 2 aromatic rings. The van der Waals surface area contributed by atoms with Crippen LogP contribution in [0.2, 0.25) is 0 Å². The predicted octanol–water partition coefficient (Wildman–Crippen LogP) is 4.83. The summed E-state index contributed by atoms with van der Waals surface area (Å²) in [5, 5.41) is 4.26. The topological polar surface area (TPSA) is 50.7 Å². The monoisotopic (exact) mass is 364 g/mol. The lowest BCUT2D eigenvalue weighted by Crippen LogP contribution is -2.21. The van der Waals surface area contributed by atoms with E-state index in [4.69, 9.17) is 4.74 Å². The Morgan fingerprint density at radius 2 is 1.70 bits per heavy atom. The molecule has 0 saturated heterocycles. The van der Waals surface area contributed by atoms with Crippen LogP contribution in [0.4, 0.5) is 0 Å². The summed E-state index contributed by atoms with van der Waals surface area (Å²) >= 11 is 0. The molecule has 1 aliphatic carbocycles. The summed E-state index contributed by atoms with van der Waals surface area (Å²) < 4.78 is 5.13. The minimum atomic E-state index is -0.127. The van der Waals surface area contributed by atoms with E-state index >= 15 is 0 Å². The number of ether oxygens (including phenoxy) is 1. The van der Waals surface area contributed by atoms with Gasteiger partial charge in [0, 0.05) is 0 Å². The van der Waals surface area contributed by atoms with Crippen LogP contribution >= 0.6 is 0 Å². The molecule has 3 rings (SSSR count). The Labute approximate surface area is 161 Å². The molecule has 4 heteroatoms. The molecule has 1 fully saturated rings. The average molecular weight is 364 g/mol. The fourth-order valence-corrected chi connectivity index (χ4v) is 3.61. The van der Waals surface area contributed by atoms with E-state index in [0.717, 1.165) is 22.6 Å². The summed E-state index contributed by atoms with van der Waals surface area (Å²) in [6.07, 6.45) is 6.94. The van der Waals surface area contributed by atoms with Gasteiger partial charge >= 0.3 is 0 Å². The number of hydrogen-bond acceptors (Lipinski definition) is 3. The van der Waals surface area contributed by atoms with E-state index in [1.807, 2.05) is 31.2 Å². The molecule has 27 heavy (non-hydrogen) atoms. The highest BCUT2D eigenvalue weighted by Gasteiger charge is 2.15. The fourth-order valence-electron chi connectivity index (χ4n) is 3.61. The van der Waals surface area contributed by atoms with Gasteiger partial charge < -0.3 is 4.74 Å². The van der Waals surface area contributed by atoms with Crippen molar-refractivity contribution < 1.29 is 9.53 Å². The molecule has 0 radical (unpaired) electrons. The third-order valence-electron chi connectivity index (χ3n) is 5.28. The Morgan fingerprint density at radius 3 is 2.33 bits per heavy atom. The smallest absolute Gasteiger partial charge is 0.244 e. The van der Waals surface area contributed by atoms with Crippen LogP contribution in [-0.2, 0) is 11.2 Å². The van der Waals surface area contributed by atoms with Gasteiger partial charge in [0.1, 0.15) is 5.75 Å². The van der Waals surface area contributed by atoms with Crippen molar-refractivity contribution in [2.75, 3.05) is 7.11 Å². The van der Waals surface area contributed by atoms with Gasteiger partial charge in [-0.2, -0.15) is 5.10 Å². The Balaban J connectivity index is 1.55. The number of carbonyl (C=O) groups is 1. The fraction of sp³-hybridized carbons (Fsp3) is 0.391. The molecule has 1 N–H and O–H groups in total. The van der Waals surface area contributed by atoms with E-state index in [-0.39, 0.29) is 5.91 Å². The van der Waals surface area contributed by atoms with Crippen LogP contribution in [0.5, 0.6) is 5.75 Å². The number of hydrogen-bond donors (Lipinski definition) is 1. The Hall–Kier alpha value is -2.62. The van der Waals surface area contributed by atoms with Crippen molar-refractivity contribution in [1.82, 2.24) is 5.43 Å². The van der Waals surface area contributed by atoms with Crippen molar-refractivity contribution in [3.63, 3.8) is 0 Å². The molecule has 0 bridgehead atoms. The molecule has 0 atom stereocenters. The van der Waals surface area contributed by atoms with E-state index in [0.29, 0.717) is 12.3 Å². The molecule has 1 aliphatic rings. The molecule has 0 aliphatic heterocycles. The van der Waals surface area contributed by atoms with E-state index < -0.39 is 0 Å². The van der Waals surface area contributed by atoms with E-state index in [9.17, 15) is 4.79 Å². The van der Waals surface area contributed by atoms with Crippen LogP contribution in [0, 0.1) is 0 Å². The average Bonchev–Trinajstić information content (AvgIpc) is 2.73. The number of carbonyl (C=O) groups excluding carboxylic acids is 1. The highest BCUT2D eigenvalue weighted by molar-refractivity contribution is 5.99. The minimum Gasteiger partial charge on any atom is -0.497 e. The number of hydrazone groups is 1. The lowest BCUT2D eigenvalue weighted by atomic mass is 9.84. The Morgan fingerprint density at radius 1 is 1.04 bits per heavy atom. The van der Waals surface area contributed by atoms with Crippen molar-refractivity contribution >= 4 is 11.6 Å². The molecular formula is C23H28N2O2. The first-order valence-electron chi connectivity index (χ1n) is 9.72. The molecule has 2 aromatic carbocycles. The molecule has 4 nitrogen and oxygen atoms in total. The molecule has 0 spiro atoms. The molecule has 0 heterocycles. The number of methoxy groups -OCH3 is 1. The molecule has 142 valence electrons. The van der Waals surface area contributed by atoms with Crippen molar-refractivity contribution in [2.45, 2.75) is 51.4 Å². The summed E-state index contributed by atoms with van der Waals surface area (Å²) in [4.78, 5) is 12.1. The third-order valence-corrected chi connectivity index (χ3v) is 5.28. The molecular weight excluding hydrogens is 336 g/mol. The van der Waals surface area contributed by atoms with Crippen LogP contribution in [0.25, 0.3) is 0 Å². The van der Waals surface area contributed by atoms with Crippen molar-refractivity contribution in [3.8, 4) is 5.75 Å². The quantitative estimate of drug-likeness (QED) is 0.590. The minimum absolute atomic E-state index is 0.127. The maximum absolute atomic E-state index is 12.1. The lowest BCUT2D eigenvalue weighted by molar-refractivity contribution is -0.120. The van der Waals surface area contributed by atoms with Crippen LogP contribution in [0.15, 0.2) is 53.6 Å². The number of nitrogens with zero attached hydrogens (tertiary/aromatic N) is 1. The maximum Gasteiger partial charge on any atom is 0.244 e. The van der Waals surface area contributed by atoms with Crippen molar-refractivity contribution in [1.29, 1.82) is 0 Å². The summed E-state index contributed by atoms with van der Waals surface area (Å²) in [5.74, 6) is 1.36. The van der Waals surface area contributed by atoms with Gasteiger partial charge in [-0.1, -0.05) is 55.7 Å². The Bertz CT molecular complexity index is 773. The third kappa shape index (κ3) is 5.43. The SMILES string of the molecule is COc1ccc(CC(=O)N/N=C(/C)c2ccc(C3CCCCC3)cc2)cc1. The molecule has 1 amide bonds. The number of benzene rings is 2. The van der Waals surface area contributed by atoms with E-state index in [2.05, 4.69) is 34.8 Å². The number of rotatable bonds is 6. The van der Waals surface area contributed by atoms with Crippen LogP contribution in [0.1, 0.15) is 61.6 Å². The number of amides is 1. The van der Waals surface area contributed by atoms with Gasteiger partial charge in [-0.15, -0.1) is 0 Å². The molecule has 0 aromatic heterocycles. The van der Waals surface area contributed by atoms with Gasteiger partial charge in [0.2, 0.25) is 5.91 Å². The van der Waals surface area contributed by atoms with Gasteiger partial charge in [-0.25, -0.2) is 5.43 Å². The Kier molecular flexibility index (Phi) is 6.64. The largest absolute Gasteiger partial charge is 0.497 e. The molecule has 1 saturated carbocycles. The summed E-state index contributed by atoms with van der Waals surface area (Å²) in [5.41, 5.74) is 6.86. The zero-order chi connectivity index (χ0) is 19.1. The maximum atomic E-state index is 12.1. The lowest BCUT2D eigenvalue weighted by Gasteiger charge is -2.22. The second kappa shape index (κ2) is 9.36. The van der Waals surface area contributed by atoms with Crippen molar-refractivity contribution in [2.24, 2.45) is 5.10 Å². The zero-order valence-corrected chi connectivity index (χ0v) is 16.2. The predicted molar refractivity (Wildman–Crippen MR) is 109 cm³/mol. The molecule has 0 unspecified atom stereocenters. The van der Waals surface area contributed by atoms with Gasteiger partial charge in [0.15, 0.2) is 0 Å². The highest BCUT2D eigenvalue weighted by atomic mass is 16.5. The zero-order valence-electron chi connectivity index (χ0n) is 16.2. The van der Waals surface area contributed by atoms with Crippen LogP contribution < -0.4 is 10.2 Å². The first-order chi connectivity index (χ1) is 13.2. The van der Waals surface area contributed by atoms with Gasteiger partial charge in [-0.3, -0.25) is 4.79 Å². The van der Waals surface area contributed by atoms with Gasteiger partial charge in [-0.05, 0) is 54.5 Å². The van der Waals surface area contributed by atoms with Crippen molar-refractivity contribution in [3.05, 3.63) is 65.2 Å². The summed E-state index contributed by atoms with van der Waals surface area (Å²) in [6, 6.07) is 16.1. The normalized spacial score (nSPS) is 15.4. The first kappa shape index (κ1) is 19.2. The standard InChI is InChI=1S/C23H28N2O2/c1-17(19-10-12-21(13-11-19)20-6-4-3-5-7-20)24-25-23(26)16-18-8-14-22(27-2)15-9-18/h8-15,20H,3-7,16H2,1-2H3,(H,25,26)/b24-17-. The van der Waals surface area contributed by atoms with Crippen LogP contribution in [0.3, 0.4) is 0 Å². The van der Waals surface area contributed by atoms with Crippen LogP contribution in [-0.4, -0.2) is 18.7 Å². The summed E-state index contributed by atoms with van der Waals surface area (Å²) in [6.45, 7) is 1.92. The van der Waals surface area contributed by atoms with E-state index in [1.165, 1.54) is 37.7 Å². The van der Waals surface area contributed by atoms with E-state index in [1.54, 1.807) is 7.11 Å². The first-order valence-corrected chi connectivity index (χ1v) is 9.72. The second-order valence-electron chi connectivity index (χ2n) is 7.21. The van der Waals surface area contributed by atoms with Gasteiger partial charge in [0.25, 0.3) is 0 Å². The van der Waals surface area contributed by atoms with Gasteiger partial charge in [0.05, 0.1) is 19.2 Å². The number of nitrogens with one attached hydrogen (secondary N) is 1. The highest BCUT2D eigenvalue weighted by Crippen LogP contribution is 2.32. The second-order valence-corrected chi connectivity index (χ2v) is 7.21. The summed E-state index contributed by atoms with van der Waals surface area (Å²) in [7, 11) is 1.63.